The van der Waals surface area contributed by atoms with Gasteiger partial charge in [-0.15, -0.1) is 0 Å². The first-order valence-electron chi connectivity index (χ1n) is 31.2. The minimum absolute atomic E-state index is 0.0374. The second-order valence-electron chi connectivity index (χ2n) is 21.4. The zero-order valence-electron chi connectivity index (χ0n) is 47.0. The van der Waals surface area contributed by atoms with Gasteiger partial charge in [0.15, 0.2) is 0 Å². The Hall–Kier alpha value is -1.92. The third kappa shape index (κ3) is 55.4. The average molecular weight is 985 g/mol. The molecule has 2 atom stereocenters. The van der Waals surface area contributed by atoms with Gasteiger partial charge in [0, 0.05) is 12.8 Å². The molecule has 2 unspecified atom stereocenters. The number of carbonyl (C=O) groups is 2. The maximum Gasteiger partial charge on any atom is 0.305 e. The molecule has 0 fully saturated rings. The quantitative estimate of drug-likeness (QED) is 0.0321. The number of esters is 1. The van der Waals surface area contributed by atoms with Gasteiger partial charge in [0.05, 0.1) is 25.4 Å². The van der Waals surface area contributed by atoms with Gasteiger partial charge in [0.25, 0.3) is 0 Å². The standard InChI is InChI=1S/C64H121NO5/c1-3-5-7-9-11-13-15-17-18-19-23-26-29-33-36-40-44-48-52-56-62(67)61(60-66)65-63(68)57-53-49-45-41-37-34-30-27-24-21-20-22-25-28-31-35-39-43-47-51-55-59-70-64(69)58-54-50-46-42-38-32-16-14-12-10-8-6-4-2/h14,16,35,39,47,51,61-62,66-67H,3-13,15,17-34,36-38,40-46,48-50,52-60H2,1-2H3,(H,65,68)/b16-14-,39-35-,51-47-. The molecule has 6 nitrogen and oxygen atoms in total. The van der Waals surface area contributed by atoms with Crippen LogP contribution < -0.4 is 5.32 Å². The number of carbonyl (C=O) groups excluding carboxylic acids is 2. The van der Waals surface area contributed by atoms with Crippen LogP contribution in [0, 0.1) is 0 Å². The van der Waals surface area contributed by atoms with Crippen molar-refractivity contribution < 1.29 is 24.5 Å². The molecule has 0 radical (unpaired) electrons. The summed E-state index contributed by atoms with van der Waals surface area (Å²) in [4.78, 5) is 24.5. The van der Waals surface area contributed by atoms with E-state index in [0.29, 0.717) is 25.9 Å². The van der Waals surface area contributed by atoms with Crippen LogP contribution in [0.1, 0.15) is 335 Å². The summed E-state index contributed by atoms with van der Waals surface area (Å²) in [5, 5.41) is 23.4. The fraction of sp³-hybridized carbons (Fsp3) is 0.875. The van der Waals surface area contributed by atoms with Crippen molar-refractivity contribution in [3.05, 3.63) is 36.5 Å². The summed E-state index contributed by atoms with van der Waals surface area (Å²) >= 11 is 0. The lowest BCUT2D eigenvalue weighted by Gasteiger charge is -2.22. The molecule has 0 aliphatic heterocycles. The Labute approximate surface area is 436 Å². The van der Waals surface area contributed by atoms with Crippen molar-refractivity contribution in [1.29, 1.82) is 0 Å². The number of aliphatic hydroxyl groups excluding tert-OH is 2. The molecule has 0 bridgehead atoms. The molecule has 0 rings (SSSR count). The molecule has 0 aromatic carbocycles. The maximum absolute atomic E-state index is 12.5. The van der Waals surface area contributed by atoms with Crippen LogP contribution in [0.15, 0.2) is 36.5 Å². The van der Waals surface area contributed by atoms with Gasteiger partial charge < -0.3 is 20.3 Å². The molecular formula is C64H121NO5. The summed E-state index contributed by atoms with van der Waals surface area (Å²) in [6, 6.07) is -0.546. The normalized spacial score (nSPS) is 12.8. The second kappa shape index (κ2) is 59.6. The first-order chi connectivity index (χ1) is 34.5. The number of amides is 1. The zero-order valence-corrected chi connectivity index (χ0v) is 47.0. The van der Waals surface area contributed by atoms with Gasteiger partial charge in [-0.3, -0.25) is 9.59 Å². The Bertz CT molecular complexity index is 1130. The number of nitrogens with one attached hydrogen (secondary N) is 1. The van der Waals surface area contributed by atoms with Crippen LogP contribution in [0.3, 0.4) is 0 Å². The van der Waals surface area contributed by atoms with E-state index in [2.05, 4.69) is 55.6 Å². The van der Waals surface area contributed by atoms with E-state index in [1.54, 1.807) is 0 Å². The molecule has 3 N–H and O–H groups in total. The Morgan fingerprint density at radius 2 is 0.714 bits per heavy atom. The largest absolute Gasteiger partial charge is 0.465 e. The highest BCUT2D eigenvalue weighted by Gasteiger charge is 2.20. The van der Waals surface area contributed by atoms with Crippen molar-refractivity contribution in [1.82, 2.24) is 5.32 Å². The molecule has 412 valence electrons. The molecular weight excluding hydrogens is 863 g/mol. The monoisotopic (exact) mass is 984 g/mol. The van der Waals surface area contributed by atoms with Crippen LogP contribution in [0.2, 0.25) is 0 Å². The predicted octanol–water partition coefficient (Wildman–Crippen LogP) is 19.6. The van der Waals surface area contributed by atoms with Gasteiger partial charge in [-0.25, -0.2) is 0 Å². The van der Waals surface area contributed by atoms with Crippen molar-refractivity contribution in [3.8, 4) is 0 Å². The molecule has 0 aliphatic rings. The molecule has 6 heteroatoms. The third-order valence-corrected chi connectivity index (χ3v) is 14.4. The van der Waals surface area contributed by atoms with Crippen LogP contribution in [0.4, 0.5) is 0 Å². The number of allylic oxidation sites excluding steroid dienone is 5. The van der Waals surface area contributed by atoms with Crippen molar-refractivity contribution in [2.75, 3.05) is 13.2 Å². The van der Waals surface area contributed by atoms with Crippen LogP contribution in [0.25, 0.3) is 0 Å². The number of ether oxygens (including phenoxy) is 1. The summed E-state index contributed by atoms with van der Waals surface area (Å²) in [5.41, 5.74) is 0. The lowest BCUT2D eigenvalue weighted by Crippen LogP contribution is -2.45. The summed E-state index contributed by atoms with van der Waals surface area (Å²) in [6.45, 7) is 4.84. The predicted molar refractivity (Wildman–Crippen MR) is 306 cm³/mol. The number of rotatable bonds is 58. The topological polar surface area (TPSA) is 95.9 Å². The smallest absolute Gasteiger partial charge is 0.305 e. The molecule has 0 spiro atoms. The van der Waals surface area contributed by atoms with Crippen molar-refractivity contribution in [3.63, 3.8) is 0 Å². The van der Waals surface area contributed by atoms with E-state index in [4.69, 9.17) is 4.74 Å². The maximum atomic E-state index is 12.5. The first kappa shape index (κ1) is 68.1. The van der Waals surface area contributed by atoms with Gasteiger partial charge in [0.1, 0.15) is 0 Å². The van der Waals surface area contributed by atoms with Gasteiger partial charge >= 0.3 is 5.97 Å². The highest BCUT2D eigenvalue weighted by Crippen LogP contribution is 2.18. The highest BCUT2D eigenvalue weighted by molar-refractivity contribution is 5.76. The SMILES string of the molecule is CCCCCC/C=C\CCCCCCCC(=O)OCC/C=C\C/C=C\CCCCCCCCCCCCCCCCC(=O)NC(CO)C(O)CCCCCCCCCCCCCCCCCCCCC. The summed E-state index contributed by atoms with van der Waals surface area (Å²) in [5.74, 6) is -0.0816. The second-order valence-corrected chi connectivity index (χ2v) is 21.4. The van der Waals surface area contributed by atoms with Crippen LogP contribution in [0.5, 0.6) is 0 Å². The Morgan fingerprint density at radius 1 is 0.400 bits per heavy atom. The number of unbranched alkanes of at least 4 members (excludes halogenated alkanes) is 41. The van der Waals surface area contributed by atoms with Crippen molar-refractivity contribution >= 4 is 11.9 Å². The van der Waals surface area contributed by atoms with E-state index in [9.17, 15) is 19.8 Å². The number of hydrogen-bond donors (Lipinski definition) is 3. The van der Waals surface area contributed by atoms with Crippen LogP contribution in [-0.2, 0) is 14.3 Å². The highest BCUT2D eigenvalue weighted by atomic mass is 16.5. The van der Waals surface area contributed by atoms with Gasteiger partial charge in [-0.05, 0) is 70.6 Å². The summed E-state index contributed by atoms with van der Waals surface area (Å²) in [7, 11) is 0. The lowest BCUT2D eigenvalue weighted by atomic mass is 10.0. The van der Waals surface area contributed by atoms with E-state index in [-0.39, 0.29) is 18.5 Å². The molecule has 70 heavy (non-hydrogen) atoms. The van der Waals surface area contributed by atoms with Gasteiger partial charge in [0.2, 0.25) is 5.91 Å². The molecule has 0 aromatic rings. The number of hydrogen-bond acceptors (Lipinski definition) is 5. The Balaban J connectivity index is 3.46. The zero-order chi connectivity index (χ0) is 50.7. The number of aliphatic hydroxyl groups is 2. The summed E-state index contributed by atoms with van der Waals surface area (Å²) in [6.07, 6.45) is 74.5. The Kier molecular flexibility index (Phi) is 58.0. The minimum Gasteiger partial charge on any atom is -0.465 e. The molecule has 0 saturated heterocycles. The van der Waals surface area contributed by atoms with E-state index < -0.39 is 12.1 Å². The fourth-order valence-electron chi connectivity index (χ4n) is 9.65. The van der Waals surface area contributed by atoms with E-state index in [1.807, 2.05) is 0 Å². The van der Waals surface area contributed by atoms with Crippen LogP contribution >= 0.6 is 0 Å². The first-order valence-corrected chi connectivity index (χ1v) is 31.2. The average Bonchev–Trinajstić information content (AvgIpc) is 3.36. The lowest BCUT2D eigenvalue weighted by molar-refractivity contribution is -0.143. The molecule has 0 aromatic heterocycles. The van der Waals surface area contributed by atoms with E-state index in [0.717, 1.165) is 51.4 Å². The van der Waals surface area contributed by atoms with Gasteiger partial charge in [-0.1, -0.05) is 288 Å². The fourth-order valence-corrected chi connectivity index (χ4v) is 9.65. The Morgan fingerprint density at radius 3 is 1.11 bits per heavy atom. The molecule has 0 aliphatic carbocycles. The van der Waals surface area contributed by atoms with Crippen LogP contribution in [-0.4, -0.2) is 47.4 Å². The van der Waals surface area contributed by atoms with E-state index >= 15 is 0 Å². The molecule has 0 heterocycles. The van der Waals surface area contributed by atoms with E-state index in [1.165, 1.54) is 250 Å². The van der Waals surface area contributed by atoms with Crippen molar-refractivity contribution in [2.24, 2.45) is 0 Å². The molecule has 1 amide bonds. The molecule has 0 saturated carbocycles. The summed E-state index contributed by atoms with van der Waals surface area (Å²) < 4.78 is 5.40. The van der Waals surface area contributed by atoms with Gasteiger partial charge in [-0.2, -0.15) is 0 Å². The minimum atomic E-state index is -0.669. The van der Waals surface area contributed by atoms with Crippen molar-refractivity contribution in [2.45, 2.75) is 347 Å². The third-order valence-electron chi connectivity index (χ3n) is 14.4.